The molecule has 0 N–H and O–H groups in total. The summed E-state index contributed by atoms with van der Waals surface area (Å²) in [7, 11) is 2.89. The third-order valence-corrected chi connectivity index (χ3v) is 3.83. The Morgan fingerprint density at radius 2 is 1.56 bits per heavy atom. The Hall–Kier alpha value is -3.61. The number of nitrogens with zero attached hydrogens (tertiary/aromatic N) is 1. The molecule has 1 heterocycles. The lowest BCUT2D eigenvalue weighted by molar-refractivity contribution is 0.0463. The van der Waals surface area contributed by atoms with Crippen LogP contribution in [0.5, 0.6) is 5.75 Å². The van der Waals surface area contributed by atoms with Crippen molar-refractivity contribution in [3.8, 4) is 17.1 Å². The second kappa shape index (κ2) is 8.18. The monoisotopic (exact) mass is 367 g/mol. The van der Waals surface area contributed by atoms with E-state index in [1.54, 1.807) is 13.2 Å². The molecule has 0 spiro atoms. The minimum absolute atomic E-state index is 0.0305. The molecule has 2 aromatic carbocycles. The number of carbonyl (C=O) groups is 2. The Bertz CT molecular complexity index is 928. The Morgan fingerprint density at radius 3 is 2.15 bits per heavy atom. The van der Waals surface area contributed by atoms with Gasteiger partial charge in [-0.05, 0) is 48.5 Å². The van der Waals surface area contributed by atoms with Gasteiger partial charge in [0.15, 0.2) is 5.76 Å². The molecule has 0 radical (unpaired) electrons. The van der Waals surface area contributed by atoms with E-state index in [0.717, 1.165) is 11.3 Å². The van der Waals surface area contributed by atoms with Gasteiger partial charge in [0.1, 0.15) is 18.1 Å². The number of benzene rings is 2. The number of ether oxygens (including phenoxy) is 3. The molecule has 1 aromatic heterocycles. The number of aromatic nitrogens is 1. The molecule has 7 nitrogen and oxygen atoms in total. The van der Waals surface area contributed by atoms with E-state index in [4.69, 9.17) is 14.0 Å². The zero-order valence-corrected chi connectivity index (χ0v) is 14.8. The van der Waals surface area contributed by atoms with Crippen LogP contribution in [-0.2, 0) is 16.1 Å². The van der Waals surface area contributed by atoms with Crippen molar-refractivity contribution in [2.24, 2.45) is 0 Å². The van der Waals surface area contributed by atoms with Crippen molar-refractivity contribution in [3.05, 3.63) is 71.4 Å². The molecule has 0 saturated carbocycles. The van der Waals surface area contributed by atoms with E-state index < -0.39 is 11.9 Å². The van der Waals surface area contributed by atoms with Crippen LogP contribution in [0.1, 0.15) is 26.4 Å². The van der Waals surface area contributed by atoms with Gasteiger partial charge in [0.05, 0.1) is 25.3 Å². The van der Waals surface area contributed by atoms with Gasteiger partial charge >= 0.3 is 11.9 Å². The lowest BCUT2D eigenvalue weighted by Crippen LogP contribution is -2.07. The van der Waals surface area contributed by atoms with Gasteiger partial charge in [-0.2, -0.15) is 0 Å². The fourth-order valence-corrected chi connectivity index (χ4v) is 2.35. The van der Waals surface area contributed by atoms with Gasteiger partial charge in [-0.25, -0.2) is 9.59 Å². The number of rotatable bonds is 6. The molecule has 0 aliphatic rings. The van der Waals surface area contributed by atoms with Gasteiger partial charge in [-0.1, -0.05) is 5.16 Å². The molecule has 3 aromatic rings. The first-order valence-corrected chi connectivity index (χ1v) is 8.06. The maximum Gasteiger partial charge on any atom is 0.338 e. The smallest absolute Gasteiger partial charge is 0.338 e. The van der Waals surface area contributed by atoms with Crippen LogP contribution in [0.4, 0.5) is 0 Å². The number of carbonyl (C=O) groups excluding carboxylic acids is 2. The molecule has 27 heavy (non-hydrogen) atoms. The van der Waals surface area contributed by atoms with E-state index in [1.807, 2.05) is 24.3 Å². The van der Waals surface area contributed by atoms with Gasteiger partial charge in [-0.3, -0.25) is 0 Å². The Kier molecular flexibility index (Phi) is 5.51. The van der Waals surface area contributed by atoms with E-state index >= 15 is 0 Å². The van der Waals surface area contributed by atoms with E-state index in [9.17, 15) is 9.59 Å². The maximum absolute atomic E-state index is 12.1. The first-order valence-electron chi connectivity index (χ1n) is 8.06. The molecule has 0 fully saturated rings. The molecule has 138 valence electrons. The van der Waals surface area contributed by atoms with Crippen molar-refractivity contribution >= 4 is 11.9 Å². The van der Waals surface area contributed by atoms with Gasteiger partial charge < -0.3 is 18.7 Å². The van der Waals surface area contributed by atoms with Gasteiger partial charge in [0.2, 0.25) is 0 Å². The number of esters is 2. The first-order chi connectivity index (χ1) is 13.1. The van der Waals surface area contributed by atoms with Crippen molar-refractivity contribution in [2.75, 3.05) is 14.2 Å². The average Bonchev–Trinajstić information content (AvgIpc) is 3.20. The Morgan fingerprint density at radius 1 is 0.926 bits per heavy atom. The summed E-state index contributed by atoms with van der Waals surface area (Å²) in [5, 5.41) is 3.90. The number of hydrogen-bond acceptors (Lipinski definition) is 7. The zero-order chi connectivity index (χ0) is 19.2. The molecule has 0 amide bonds. The van der Waals surface area contributed by atoms with Crippen LogP contribution in [0, 0.1) is 0 Å². The molecule has 0 unspecified atom stereocenters. The van der Waals surface area contributed by atoms with Crippen molar-refractivity contribution in [2.45, 2.75) is 6.61 Å². The summed E-state index contributed by atoms with van der Waals surface area (Å²) in [6.07, 6.45) is 0. The van der Waals surface area contributed by atoms with Crippen LogP contribution in [0.2, 0.25) is 0 Å². The van der Waals surface area contributed by atoms with Gasteiger partial charge in [0, 0.05) is 11.6 Å². The minimum Gasteiger partial charge on any atom is -0.497 e. The lowest BCUT2D eigenvalue weighted by atomic mass is 10.1. The Labute approximate surface area is 155 Å². The molecular weight excluding hydrogens is 350 g/mol. The fraction of sp³-hybridized carbons (Fsp3) is 0.150. The molecule has 3 rings (SSSR count). The van der Waals surface area contributed by atoms with Crippen LogP contribution in [0.3, 0.4) is 0 Å². The van der Waals surface area contributed by atoms with Crippen molar-refractivity contribution < 1.29 is 28.3 Å². The molecule has 0 saturated heterocycles. The SMILES string of the molecule is COC(=O)c1ccc(C(=O)OCc2cc(-c3ccc(OC)cc3)on2)cc1. The summed E-state index contributed by atoms with van der Waals surface area (Å²) >= 11 is 0. The van der Waals surface area contributed by atoms with Crippen LogP contribution < -0.4 is 4.74 Å². The quantitative estimate of drug-likeness (QED) is 0.616. The highest BCUT2D eigenvalue weighted by Gasteiger charge is 2.12. The third-order valence-electron chi connectivity index (χ3n) is 3.83. The van der Waals surface area contributed by atoms with E-state index in [1.165, 1.54) is 31.4 Å². The molecule has 7 heteroatoms. The van der Waals surface area contributed by atoms with E-state index in [0.29, 0.717) is 22.6 Å². The summed E-state index contributed by atoms with van der Waals surface area (Å²) in [6, 6.07) is 15.0. The summed E-state index contributed by atoms with van der Waals surface area (Å²) in [4.78, 5) is 23.5. The van der Waals surface area contributed by atoms with Gasteiger partial charge in [-0.15, -0.1) is 0 Å². The minimum atomic E-state index is -0.527. The van der Waals surface area contributed by atoms with Crippen LogP contribution in [0.15, 0.2) is 59.1 Å². The summed E-state index contributed by atoms with van der Waals surface area (Å²) in [5.41, 5.74) is 2.00. The molecule has 0 atom stereocenters. The highest BCUT2D eigenvalue weighted by Crippen LogP contribution is 2.23. The summed E-state index contributed by atoms with van der Waals surface area (Å²) in [6.45, 7) is -0.0305. The normalized spacial score (nSPS) is 10.3. The second-order valence-corrected chi connectivity index (χ2v) is 5.56. The largest absolute Gasteiger partial charge is 0.497 e. The van der Waals surface area contributed by atoms with Crippen LogP contribution in [0.25, 0.3) is 11.3 Å². The van der Waals surface area contributed by atoms with Crippen LogP contribution >= 0.6 is 0 Å². The third kappa shape index (κ3) is 4.33. The topological polar surface area (TPSA) is 87.9 Å². The van der Waals surface area contributed by atoms with Gasteiger partial charge in [0.25, 0.3) is 0 Å². The molecule has 0 bridgehead atoms. The predicted molar refractivity (Wildman–Crippen MR) is 95.4 cm³/mol. The highest BCUT2D eigenvalue weighted by atomic mass is 16.5. The number of hydrogen-bond donors (Lipinski definition) is 0. The van der Waals surface area contributed by atoms with Crippen molar-refractivity contribution in [3.63, 3.8) is 0 Å². The molecule has 0 aliphatic carbocycles. The zero-order valence-electron chi connectivity index (χ0n) is 14.8. The number of methoxy groups -OCH3 is 2. The first kappa shape index (κ1) is 18.2. The molecular formula is C20H17NO6. The summed E-state index contributed by atoms with van der Waals surface area (Å²) in [5.74, 6) is 0.306. The van der Waals surface area contributed by atoms with E-state index in [-0.39, 0.29) is 6.61 Å². The lowest BCUT2D eigenvalue weighted by Gasteiger charge is -2.03. The molecule has 0 aliphatic heterocycles. The highest BCUT2D eigenvalue weighted by molar-refractivity contribution is 5.93. The van der Waals surface area contributed by atoms with E-state index in [2.05, 4.69) is 9.89 Å². The Balaban J connectivity index is 1.60. The van der Waals surface area contributed by atoms with Crippen molar-refractivity contribution in [1.82, 2.24) is 5.16 Å². The standard InChI is InChI=1S/C20H17NO6/c1-24-17-9-7-13(8-10-17)18-11-16(21-27-18)12-26-20(23)15-5-3-14(4-6-15)19(22)25-2/h3-11H,12H2,1-2H3. The van der Waals surface area contributed by atoms with Crippen LogP contribution in [-0.4, -0.2) is 31.3 Å². The predicted octanol–water partition coefficient (Wildman–Crippen LogP) is 3.49. The maximum atomic E-state index is 12.1. The fourth-order valence-electron chi connectivity index (χ4n) is 2.35. The second-order valence-electron chi connectivity index (χ2n) is 5.56. The van der Waals surface area contributed by atoms with Crippen molar-refractivity contribution in [1.29, 1.82) is 0 Å². The summed E-state index contributed by atoms with van der Waals surface area (Å²) < 4.78 is 20.2. The average molecular weight is 367 g/mol.